The van der Waals surface area contributed by atoms with Gasteiger partial charge in [0.2, 0.25) is 5.91 Å². The predicted molar refractivity (Wildman–Crippen MR) is 133 cm³/mol. The second kappa shape index (κ2) is 10.7. The first-order valence-electron chi connectivity index (χ1n) is 11.4. The van der Waals surface area contributed by atoms with Crippen LogP contribution >= 0.6 is 15.9 Å². The molecule has 1 saturated heterocycles. The minimum Gasteiger partial charge on any atom is -0.385 e. The van der Waals surface area contributed by atoms with Crippen LogP contribution < -0.4 is 10.6 Å². The number of hydrogen-bond acceptors (Lipinski definition) is 4. The first-order chi connectivity index (χ1) is 15.9. The summed E-state index contributed by atoms with van der Waals surface area (Å²) in [6.45, 7) is 3.15. The van der Waals surface area contributed by atoms with Gasteiger partial charge in [0.25, 0.3) is 0 Å². The number of methoxy groups -OCH3 is 1. The number of nitrogens with zero attached hydrogens (tertiary/aromatic N) is 2. The highest BCUT2D eigenvalue weighted by atomic mass is 79.9. The molecule has 2 aliphatic rings. The Labute approximate surface area is 203 Å². The normalized spacial score (nSPS) is 20.0. The van der Waals surface area contributed by atoms with Crippen LogP contribution in [0, 0.1) is 5.92 Å². The van der Waals surface area contributed by atoms with Gasteiger partial charge in [-0.25, -0.2) is 4.79 Å². The fourth-order valence-corrected chi connectivity index (χ4v) is 4.87. The van der Waals surface area contributed by atoms with Gasteiger partial charge in [0.05, 0.1) is 0 Å². The molecule has 0 unspecified atom stereocenters. The Kier molecular flexibility index (Phi) is 7.67. The molecule has 0 aliphatic carbocycles. The first-order valence-corrected chi connectivity index (χ1v) is 12.2. The molecule has 2 aromatic rings. The molecule has 3 amide bonds. The lowest BCUT2D eigenvalue weighted by Gasteiger charge is -2.46. The van der Waals surface area contributed by atoms with Crippen LogP contribution in [0.3, 0.4) is 0 Å². The van der Waals surface area contributed by atoms with Crippen LogP contribution in [0.2, 0.25) is 0 Å². The second-order valence-corrected chi connectivity index (χ2v) is 9.81. The van der Waals surface area contributed by atoms with Crippen molar-refractivity contribution in [1.82, 2.24) is 9.80 Å². The van der Waals surface area contributed by atoms with E-state index in [4.69, 9.17) is 4.74 Å². The fourth-order valence-electron chi connectivity index (χ4n) is 4.60. The predicted octanol–water partition coefficient (Wildman–Crippen LogP) is 4.33. The Morgan fingerprint density at radius 3 is 2.61 bits per heavy atom. The van der Waals surface area contributed by atoms with Gasteiger partial charge in [0, 0.05) is 55.1 Å². The lowest BCUT2D eigenvalue weighted by Crippen LogP contribution is -2.64. The van der Waals surface area contributed by atoms with Crippen molar-refractivity contribution in [3.05, 3.63) is 58.1 Å². The van der Waals surface area contributed by atoms with Crippen LogP contribution in [0.25, 0.3) is 0 Å². The number of amides is 3. The maximum absolute atomic E-state index is 13.3. The molecule has 2 N–H and O–H groups in total. The minimum atomic E-state index is -0.500. The SMILES string of the molecule is COCCC[C@H]1CN(C(=O)Nc2ccc(Br)cc2)[C@H]1C(=O)Nc1ccc2c(c1)CCN(C)C2. The number of ether oxygens (including phenoxy) is 1. The Hall–Kier alpha value is -2.42. The summed E-state index contributed by atoms with van der Waals surface area (Å²) in [4.78, 5) is 30.2. The molecule has 8 heteroatoms. The third-order valence-corrected chi connectivity index (χ3v) is 6.97. The lowest BCUT2D eigenvalue weighted by molar-refractivity contribution is -0.127. The van der Waals surface area contributed by atoms with Crippen molar-refractivity contribution in [1.29, 1.82) is 0 Å². The molecular weight excluding hydrogens is 484 g/mol. The van der Waals surface area contributed by atoms with Gasteiger partial charge < -0.3 is 25.2 Å². The van der Waals surface area contributed by atoms with Crippen molar-refractivity contribution >= 4 is 39.2 Å². The fraction of sp³-hybridized carbons (Fsp3) is 0.440. The van der Waals surface area contributed by atoms with Gasteiger partial charge in [-0.3, -0.25) is 4.79 Å². The third kappa shape index (κ3) is 5.75. The molecule has 1 fully saturated rings. The van der Waals surface area contributed by atoms with E-state index in [0.29, 0.717) is 18.8 Å². The van der Waals surface area contributed by atoms with Gasteiger partial charge in [-0.15, -0.1) is 0 Å². The molecule has 0 aromatic heterocycles. The molecule has 2 heterocycles. The topological polar surface area (TPSA) is 73.9 Å². The highest BCUT2D eigenvalue weighted by molar-refractivity contribution is 9.10. The Morgan fingerprint density at radius 2 is 1.85 bits per heavy atom. The van der Waals surface area contributed by atoms with Crippen LogP contribution in [0.5, 0.6) is 0 Å². The van der Waals surface area contributed by atoms with Crippen LogP contribution in [0.1, 0.15) is 24.0 Å². The van der Waals surface area contributed by atoms with E-state index >= 15 is 0 Å². The van der Waals surface area contributed by atoms with Crippen molar-refractivity contribution in [3.63, 3.8) is 0 Å². The van der Waals surface area contributed by atoms with E-state index in [1.165, 1.54) is 11.1 Å². The summed E-state index contributed by atoms with van der Waals surface area (Å²) in [7, 11) is 3.80. The van der Waals surface area contributed by atoms with Gasteiger partial charge in [-0.05, 0) is 73.8 Å². The second-order valence-electron chi connectivity index (χ2n) is 8.89. The standard InChI is InChI=1S/C25H31BrN4O3/c1-29-12-11-17-14-22(8-5-18(17)15-29)27-24(31)23-19(4-3-13-33-2)16-30(23)25(32)28-21-9-6-20(26)7-10-21/h5-10,14,19,23H,3-4,11-13,15-16H2,1-2H3,(H,27,31)(H,28,32)/t19-,23+/m0/s1. The van der Waals surface area contributed by atoms with E-state index in [2.05, 4.69) is 50.6 Å². The van der Waals surface area contributed by atoms with E-state index < -0.39 is 6.04 Å². The molecule has 2 aromatic carbocycles. The number of anilines is 2. The van der Waals surface area contributed by atoms with Crippen LogP contribution in [0.4, 0.5) is 16.2 Å². The maximum Gasteiger partial charge on any atom is 0.322 e. The van der Waals surface area contributed by atoms with Crippen molar-refractivity contribution in [2.24, 2.45) is 5.92 Å². The Morgan fingerprint density at radius 1 is 1.09 bits per heavy atom. The molecule has 0 radical (unpaired) electrons. The van der Waals surface area contributed by atoms with Crippen molar-refractivity contribution in [2.75, 3.05) is 44.5 Å². The quantitative estimate of drug-likeness (QED) is 0.539. The van der Waals surface area contributed by atoms with Crippen molar-refractivity contribution in [3.8, 4) is 0 Å². The van der Waals surface area contributed by atoms with Crippen LogP contribution in [-0.2, 0) is 22.5 Å². The summed E-state index contributed by atoms with van der Waals surface area (Å²) < 4.78 is 6.12. The molecule has 4 rings (SSSR count). The molecule has 7 nitrogen and oxygen atoms in total. The molecule has 33 heavy (non-hydrogen) atoms. The monoisotopic (exact) mass is 514 g/mol. The van der Waals surface area contributed by atoms with E-state index in [0.717, 1.165) is 42.5 Å². The highest BCUT2D eigenvalue weighted by Crippen LogP contribution is 2.31. The summed E-state index contributed by atoms with van der Waals surface area (Å²) in [5.74, 6) is -0.0235. The number of likely N-dealkylation sites (tertiary alicyclic amines) is 1. The zero-order valence-electron chi connectivity index (χ0n) is 19.1. The summed E-state index contributed by atoms with van der Waals surface area (Å²) in [6, 6.07) is 12.8. The number of nitrogens with one attached hydrogen (secondary N) is 2. The number of benzene rings is 2. The molecule has 176 valence electrons. The van der Waals surface area contributed by atoms with E-state index in [-0.39, 0.29) is 17.9 Å². The first kappa shape index (κ1) is 23.7. The molecule has 2 aliphatic heterocycles. The molecule has 0 spiro atoms. The lowest BCUT2D eigenvalue weighted by atomic mass is 9.84. The molecule has 0 bridgehead atoms. The van der Waals surface area contributed by atoms with Gasteiger partial charge in [0.15, 0.2) is 0 Å². The number of halogens is 1. The Bertz CT molecular complexity index is 998. The Balaban J connectivity index is 1.44. The van der Waals surface area contributed by atoms with Crippen LogP contribution in [0.15, 0.2) is 46.9 Å². The average molecular weight is 515 g/mol. The van der Waals surface area contributed by atoms with Gasteiger partial charge in [-0.2, -0.15) is 0 Å². The third-order valence-electron chi connectivity index (χ3n) is 6.44. The van der Waals surface area contributed by atoms with Gasteiger partial charge in [-0.1, -0.05) is 22.0 Å². The number of rotatable bonds is 7. The van der Waals surface area contributed by atoms with Gasteiger partial charge in [0.1, 0.15) is 6.04 Å². The summed E-state index contributed by atoms with van der Waals surface area (Å²) in [6.07, 6.45) is 2.67. The smallest absolute Gasteiger partial charge is 0.322 e. The number of urea groups is 1. The summed E-state index contributed by atoms with van der Waals surface area (Å²) in [5, 5.41) is 5.98. The van der Waals surface area contributed by atoms with Gasteiger partial charge >= 0.3 is 6.03 Å². The summed E-state index contributed by atoms with van der Waals surface area (Å²) in [5.41, 5.74) is 4.07. The van der Waals surface area contributed by atoms with E-state index in [9.17, 15) is 9.59 Å². The van der Waals surface area contributed by atoms with Crippen LogP contribution in [-0.4, -0.2) is 61.6 Å². The molecule has 2 atom stereocenters. The van der Waals surface area contributed by atoms with Crippen molar-refractivity contribution < 1.29 is 14.3 Å². The van der Waals surface area contributed by atoms with Crippen molar-refractivity contribution in [2.45, 2.75) is 31.8 Å². The number of fused-ring (bicyclic) bond motifs is 1. The number of likely N-dealkylation sites (N-methyl/N-ethyl adjacent to an activating group) is 1. The summed E-state index contributed by atoms with van der Waals surface area (Å²) >= 11 is 3.40. The molecule has 0 saturated carbocycles. The molecular formula is C25H31BrN4O3. The zero-order valence-corrected chi connectivity index (χ0v) is 20.7. The van der Waals surface area contributed by atoms with E-state index in [1.54, 1.807) is 12.0 Å². The largest absolute Gasteiger partial charge is 0.385 e. The number of carbonyl (C=O) groups excluding carboxylic acids is 2. The highest BCUT2D eigenvalue weighted by Gasteiger charge is 2.46. The average Bonchev–Trinajstić information content (AvgIpc) is 2.77. The maximum atomic E-state index is 13.3. The zero-order chi connectivity index (χ0) is 23.4. The minimum absolute atomic E-state index is 0.113. The number of hydrogen-bond donors (Lipinski definition) is 2. The number of carbonyl (C=O) groups is 2. The van der Waals surface area contributed by atoms with E-state index in [1.807, 2.05) is 30.3 Å².